The highest BCUT2D eigenvalue weighted by Crippen LogP contribution is 2.52. The van der Waals surface area contributed by atoms with Crippen molar-refractivity contribution in [1.82, 2.24) is 19.9 Å². The van der Waals surface area contributed by atoms with Crippen LogP contribution >= 0.6 is 0 Å². The van der Waals surface area contributed by atoms with Gasteiger partial charge < -0.3 is 19.1 Å². The molecule has 2 bridgehead atoms. The molecule has 1 aliphatic carbocycles. The molecule has 2 aromatic heterocycles. The fraction of sp³-hybridized carbons (Fsp3) is 0.478. The summed E-state index contributed by atoms with van der Waals surface area (Å²) in [5.41, 5.74) is 0.990. The summed E-state index contributed by atoms with van der Waals surface area (Å²) >= 11 is 0. The van der Waals surface area contributed by atoms with Crippen molar-refractivity contribution in [3.63, 3.8) is 0 Å². The molecule has 160 valence electrons. The summed E-state index contributed by atoms with van der Waals surface area (Å²) in [7, 11) is 1.75. The smallest absolute Gasteiger partial charge is 0.230 e. The number of fused-ring (bicyclic) bond motifs is 1. The van der Waals surface area contributed by atoms with Crippen LogP contribution in [-0.4, -0.2) is 57.1 Å². The number of aromatic nitrogens is 2. The van der Waals surface area contributed by atoms with Gasteiger partial charge in [0, 0.05) is 38.0 Å². The maximum Gasteiger partial charge on any atom is 0.230 e. The molecule has 31 heavy (non-hydrogen) atoms. The summed E-state index contributed by atoms with van der Waals surface area (Å²) < 4.78 is 11.6. The Morgan fingerprint density at radius 3 is 3.03 bits per heavy atom. The monoisotopic (exact) mass is 420 g/mol. The number of rotatable bonds is 6. The molecular formula is C23H24N4O4. The highest BCUT2D eigenvalue weighted by molar-refractivity contribution is 5.93. The molecule has 0 aromatic carbocycles. The second-order valence-electron chi connectivity index (χ2n) is 9.14. The lowest BCUT2D eigenvalue weighted by atomic mass is 9.76. The Bertz CT molecular complexity index is 1060. The van der Waals surface area contributed by atoms with Gasteiger partial charge in [0.05, 0.1) is 31.0 Å². The van der Waals surface area contributed by atoms with Crippen molar-refractivity contribution in [2.75, 3.05) is 13.6 Å². The van der Waals surface area contributed by atoms with Crippen molar-refractivity contribution in [3.8, 4) is 0 Å². The molecule has 0 N–H and O–H groups in total. The molecule has 2 saturated heterocycles. The average molecular weight is 420 g/mol. The van der Waals surface area contributed by atoms with E-state index in [9.17, 15) is 9.59 Å². The first kappa shape index (κ1) is 18.7. The van der Waals surface area contributed by atoms with Gasteiger partial charge in [-0.25, -0.2) is 0 Å². The number of likely N-dealkylation sites (tertiary alicyclic amines) is 1. The van der Waals surface area contributed by atoms with E-state index in [1.165, 1.54) is 0 Å². The maximum absolute atomic E-state index is 13.4. The van der Waals surface area contributed by atoms with E-state index in [1.807, 2.05) is 30.4 Å². The van der Waals surface area contributed by atoms with Gasteiger partial charge in [0.1, 0.15) is 17.1 Å². The first-order chi connectivity index (χ1) is 15.0. The molecule has 0 unspecified atom stereocenters. The third-order valence-corrected chi connectivity index (χ3v) is 6.89. The Labute approximate surface area is 179 Å². The minimum absolute atomic E-state index is 0.0279. The van der Waals surface area contributed by atoms with Crippen LogP contribution in [0.2, 0.25) is 0 Å². The molecule has 2 aromatic rings. The van der Waals surface area contributed by atoms with E-state index in [0.717, 1.165) is 29.9 Å². The first-order valence-electron chi connectivity index (χ1n) is 10.8. The summed E-state index contributed by atoms with van der Waals surface area (Å²) in [6, 6.07) is 5.75. The Hall–Kier alpha value is -3.00. The van der Waals surface area contributed by atoms with E-state index in [2.05, 4.69) is 10.1 Å². The molecular weight excluding hydrogens is 396 g/mol. The van der Waals surface area contributed by atoms with Crippen LogP contribution in [0.5, 0.6) is 0 Å². The van der Waals surface area contributed by atoms with Gasteiger partial charge in [-0.15, -0.1) is 0 Å². The average Bonchev–Trinajstić information content (AvgIpc) is 3.13. The van der Waals surface area contributed by atoms with Crippen molar-refractivity contribution in [1.29, 1.82) is 0 Å². The minimum Gasteiger partial charge on any atom is -0.361 e. The molecule has 2 amide bonds. The van der Waals surface area contributed by atoms with Crippen LogP contribution < -0.4 is 0 Å². The van der Waals surface area contributed by atoms with Crippen LogP contribution in [0.4, 0.5) is 0 Å². The topological polar surface area (TPSA) is 88.8 Å². The third-order valence-electron chi connectivity index (χ3n) is 6.89. The Morgan fingerprint density at radius 1 is 1.39 bits per heavy atom. The van der Waals surface area contributed by atoms with E-state index < -0.39 is 17.4 Å². The number of amides is 2. The van der Waals surface area contributed by atoms with Crippen LogP contribution in [0.1, 0.15) is 35.8 Å². The largest absolute Gasteiger partial charge is 0.361 e. The van der Waals surface area contributed by atoms with E-state index in [4.69, 9.17) is 9.26 Å². The van der Waals surface area contributed by atoms with E-state index >= 15 is 0 Å². The van der Waals surface area contributed by atoms with E-state index in [0.29, 0.717) is 25.6 Å². The molecule has 5 heterocycles. The molecule has 0 radical (unpaired) electrons. The van der Waals surface area contributed by atoms with Crippen LogP contribution in [-0.2, 0) is 27.4 Å². The number of carbonyl (C=O) groups excluding carboxylic acids is 2. The van der Waals surface area contributed by atoms with Gasteiger partial charge in [0.2, 0.25) is 11.8 Å². The third kappa shape index (κ3) is 3.00. The zero-order valence-electron chi connectivity index (χ0n) is 17.3. The van der Waals surface area contributed by atoms with Gasteiger partial charge in [-0.05, 0) is 24.5 Å². The summed E-state index contributed by atoms with van der Waals surface area (Å²) in [5, 5.41) is 4.12. The number of nitrogens with zero attached hydrogens (tertiary/aromatic N) is 4. The van der Waals surface area contributed by atoms with Crippen molar-refractivity contribution in [2.24, 2.45) is 11.8 Å². The lowest BCUT2D eigenvalue weighted by molar-refractivity contribution is -0.143. The predicted molar refractivity (Wildman–Crippen MR) is 108 cm³/mol. The summed E-state index contributed by atoms with van der Waals surface area (Å²) in [6.07, 6.45) is 9.31. The van der Waals surface area contributed by atoms with Crippen molar-refractivity contribution in [3.05, 3.63) is 59.8 Å². The number of hydrogen-bond acceptors (Lipinski definition) is 6. The fourth-order valence-electron chi connectivity index (χ4n) is 5.24. The Balaban J connectivity index is 1.20. The van der Waals surface area contributed by atoms with Crippen LogP contribution in [0.25, 0.3) is 0 Å². The molecule has 3 aliphatic heterocycles. The highest BCUT2D eigenvalue weighted by atomic mass is 16.5. The quantitative estimate of drug-likeness (QED) is 0.663. The normalized spacial score (nSPS) is 30.8. The van der Waals surface area contributed by atoms with Crippen molar-refractivity contribution >= 4 is 11.8 Å². The lowest BCUT2D eigenvalue weighted by Gasteiger charge is -2.27. The van der Waals surface area contributed by atoms with Crippen molar-refractivity contribution in [2.45, 2.75) is 43.6 Å². The van der Waals surface area contributed by atoms with Crippen LogP contribution in [0.15, 0.2) is 47.3 Å². The molecule has 8 nitrogen and oxygen atoms in total. The van der Waals surface area contributed by atoms with Crippen LogP contribution in [0, 0.1) is 11.8 Å². The number of pyridine rings is 1. The predicted octanol–water partition coefficient (Wildman–Crippen LogP) is 1.89. The van der Waals surface area contributed by atoms with E-state index in [1.54, 1.807) is 29.2 Å². The fourth-order valence-corrected chi connectivity index (χ4v) is 5.24. The van der Waals surface area contributed by atoms with E-state index in [-0.39, 0.29) is 17.9 Å². The molecule has 8 heteroatoms. The van der Waals surface area contributed by atoms with Gasteiger partial charge in [0.15, 0.2) is 0 Å². The van der Waals surface area contributed by atoms with Gasteiger partial charge in [-0.2, -0.15) is 0 Å². The van der Waals surface area contributed by atoms with Crippen LogP contribution in [0.3, 0.4) is 0 Å². The highest BCUT2D eigenvalue weighted by Gasteiger charge is 2.67. The SMILES string of the molecule is CN(Cc1cc(C2CC2)on1)C(=O)[C@@H]1[C@@H]2C=C[C@@]3(CN(Cc4cccnc4)C(=O)[C@H]13)O2. The molecule has 1 spiro atoms. The van der Waals surface area contributed by atoms with Gasteiger partial charge >= 0.3 is 0 Å². The zero-order valence-corrected chi connectivity index (χ0v) is 17.3. The molecule has 4 atom stereocenters. The first-order valence-corrected chi connectivity index (χ1v) is 10.8. The molecule has 4 aliphatic rings. The zero-order chi connectivity index (χ0) is 21.2. The summed E-state index contributed by atoms with van der Waals surface area (Å²) in [5.74, 6) is 0.254. The van der Waals surface area contributed by atoms with Gasteiger partial charge in [-0.3, -0.25) is 14.6 Å². The van der Waals surface area contributed by atoms with Gasteiger partial charge in [-0.1, -0.05) is 23.4 Å². The second kappa shape index (κ2) is 6.75. The standard InChI is InChI=1S/C23H24N4O4/c1-26(12-16-9-18(31-25-16)15-4-5-15)21(28)19-17-6-7-23(30-17)13-27(22(29)20(19)23)11-14-3-2-8-24-10-14/h2-3,6-10,15,17,19-20H,4-5,11-13H2,1H3/t17-,19+,20-,23-/m0/s1. The summed E-state index contributed by atoms with van der Waals surface area (Å²) in [4.78, 5) is 34.3. The maximum atomic E-state index is 13.4. The molecule has 3 fully saturated rings. The Kier molecular flexibility index (Phi) is 4.08. The molecule has 6 rings (SSSR count). The van der Waals surface area contributed by atoms with Crippen molar-refractivity contribution < 1.29 is 18.8 Å². The number of ether oxygens (including phenoxy) is 1. The minimum atomic E-state index is -0.710. The number of hydrogen-bond donors (Lipinski definition) is 0. The summed E-state index contributed by atoms with van der Waals surface area (Å²) in [6.45, 7) is 1.28. The lowest BCUT2D eigenvalue weighted by Crippen LogP contribution is -2.44. The molecule has 1 saturated carbocycles. The second-order valence-corrected chi connectivity index (χ2v) is 9.14. The Morgan fingerprint density at radius 2 is 2.26 bits per heavy atom. The van der Waals surface area contributed by atoms with Gasteiger partial charge in [0.25, 0.3) is 0 Å². The number of carbonyl (C=O) groups is 2.